The quantitative estimate of drug-likeness (QED) is 0.502. The van der Waals surface area contributed by atoms with Gasteiger partial charge in [-0.25, -0.2) is 4.79 Å². The first-order valence-electron chi connectivity index (χ1n) is 9.85. The maximum absolute atomic E-state index is 12.3. The van der Waals surface area contributed by atoms with E-state index < -0.39 is 6.03 Å². The Kier molecular flexibility index (Phi) is 6.90. The van der Waals surface area contributed by atoms with Crippen molar-refractivity contribution in [2.24, 2.45) is 5.92 Å². The van der Waals surface area contributed by atoms with Crippen LogP contribution in [-0.4, -0.2) is 38.0 Å². The summed E-state index contributed by atoms with van der Waals surface area (Å²) in [6, 6.07) is 11.6. The molecule has 1 aliphatic carbocycles. The standard InChI is InChI=1S/C22H26N4O4/c1-14-3-10-19(30-2)18(13-14)26-22(29)25-17-8-6-16(7-9-17)21(28)24-12-11-23-20(27)15-4-5-15/h3,6-10,13,15H,4-5,11-12H2,1-2H3,(H,23,27)(H,24,28)(H2,25,26,29). The van der Waals surface area contributed by atoms with Crippen LogP contribution in [0.15, 0.2) is 42.5 Å². The largest absolute Gasteiger partial charge is 0.495 e. The average Bonchev–Trinajstić information content (AvgIpc) is 3.57. The molecule has 2 aromatic carbocycles. The van der Waals surface area contributed by atoms with E-state index >= 15 is 0 Å². The topological polar surface area (TPSA) is 109 Å². The summed E-state index contributed by atoms with van der Waals surface area (Å²) < 4.78 is 5.25. The molecular formula is C22H26N4O4. The molecule has 0 aliphatic heterocycles. The molecule has 0 bridgehead atoms. The third-order valence-corrected chi connectivity index (χ3v) is 4.67. The Hall–Kier alpha value is -3.55. The minimum Gasteiger partial charge on any atom is -0.495 e. The van der Waals surface area contributed by atoms with Crippen LogP contribution >= 0.6 is 0 Å². The van der Waals surface area contributed by atoms with Crippen LogP contribution in [-0.2, 0) is 4.79 Å². The van der Waals surface area contributed by atoms with Crippen molar-refractivity contribution in [2.75, 3.05) is 30.8 Å². The minimum atomic E-state index is -0.414. The van der Waals surface area contributed by atoms with Gasteiger partial charge in [0.15, 0.2) is 0 Å². The fourth-order valence-electron chi connectivity index (χ4n) is 2.86. The van der Waals surface area contributed by atoms with Crippen molar-refractivity contribution < 1.29 is 19.1 Å². The molecule has 3 rings (SSSR count). The lowest BCUT2D eigenvalue weighted by atomic mass is 10.2. The number of methoxy groups -OCH3 is 1. The van der Waals surface area contributed by atoms with Crippen LogP contribution in [0.3, 0.4) is 0 Å². The van der Waals surface area contributed by atoms with Crippen molar-refractivity contribution in [3.8, 4) is 5.75 Å². The minimum absolute atomic E-state index is 0.0567. The van der Waals surface area contributed by atoms with Gasteiger partial charge in [-0.05, 0) is 61.7 Å². The average molecular weight is 410 g/mol. The molecule has 2 aromatic rings. The molecule has 4 N–H and O–H groups in total. The van der Waals surface area contributed by atoms with Gasteiger partial charge in [0.2, 0.25) is 5.91 Å². The highest BCUT2D eigenvalue weighted by molar-refractivity contribution is 6.01. The zero-order valence-corrected chi connectivity index (χ0v) is 17.1. The lowest BCUT2D eigenvalue weighted by molar-refractivity contribution is -0.122. The maximum atomic E-state index is 12.3. The smallest absolute Gasteiger partial charge is 0.323 e. The Bertz CT molecular complexity index is 923. The molecule has 0 atom stereocenters. The third-order valence-electron chi connectivity index (χ3n) is 4.67. The lowest BCUT2D eigenvalue weighted by Crippen LogP contribution is -2.35. The summed E-state index contributed by atoms with van der Waals surface area (Å²) in [5.74, 6) is 0.540. The van der Waals surface area contributed by atoms with Crippen LogP contribution in [0.1, 0.15) is 28.8 Å². The van der Waals surface area contributed by atoms with Crippen LogP contribution in [0.2, 0.25) is 0 Å². The number of urea groups is 1. The normalized spacial score (nSPS) is 12.6. The highest BCUT2D eigenvalue weighted by Crippen LogP contribution is 2.28. The first kappa shape index (κ1) is 21.2. The molecular weight excluding hydrogens is 384 g/mol. The van der Waals surface area contributed by atoms with Gasteiger partial charge in [0.05, 0.1) is 12.8 Å². The summed E-state index contributed by atoms with van der Waals surface area (Å²) in [4.78, 5) is 36.0. The van der Waals surface area contributed by atoms with Gasteiger partial charge in [0, 0.05) is 30.3 Å². The Morgan fingerprint density at radius 3 is 2.33 bits per heavy atom. The molecule has 0 radical (unpaired) electrons. The van der Waals surface area contributed by atoms with Gasteiger partial charge in [-0.1, -0.05) is 6.07 Å². The Morgan fingerprint density at radius 2 is 1.67 bits per heavy atom. The van der Waals surface area contributed by atoms with E-state index in [2.05, 4.69) is 21.3 Å². The van der Waals surface area contributed by atoms with Crippen LogP contribution in [0.25, 0.3) is 0 Å². The molecule has 1 fully saturated rings. The number of benzene rings is 2. The van der Waals surface area contributed by atoms with E-state index in [-0.39, 0.29) is 17.7 Å². The van der Waals surface area contributed by atoms with Gasteiger partial charge < -0.3 is 26.0 Å². The number of hydrogen-bond acceptors (Lipinski definition) is 4. The van der Waals surface area contributed by atoms with Crippen molar-refractivity contribution >= 4 is 29.2 Å². The molecule has 0 saturated heterocycles. The summed E-state index contributed by atoms with van der Waals surface area (Å²) in [5, 5.41) is 11.0. The molecule has 0 aromatic heterocycles. The molecule has 1 saturated carbocycles. The number of carbonyl (C=O) groups excluding carboxylic acids is 3. The number of ether oxygens (including phenoxy) is 1. The zero-order valence-electron chi connectivity index (χ0n) is 17.1. The van der Waals surface area contributed by atoms with E-state index in [1.807, 2.05) is 19.1 Å². The Labute approximate surface area is 175 Å². The Balaban J connectivity index is 1.46. The molecule has 0 heterocycles. The van der Waals surface area contributed by atoms with Crippen molar-refractivity contribution in [1.29, 1.82) is 0 Å². The predicted molar refractivity (Wildman–Crippen MR) is 115 cm³/mol. The van der Waals surface area contributed by atoms with Crippen molar-refractivity contribution in [2.45, 2.75) is 19.8 Å². The first-order chi connectivity index (χ1) is 14.5. The number of anilines is 2. The van der Waals surface area contributed by atoms with Gasteiger partial charge in [0.25, 0.3) is 5.91 Å². The van der Waals surface area contributed by atoms with Gasteiger partial charge in [-0.3, -0.25) is 9.59 Å². The van der Waals surface area contributed by atoms with Crippen LogP contribution in [0.5, 0.6) is 5.75 Å². The molecule has 8 heteroatoms. The van der Waals surface area contributed by atoms with Crippen LogP contribution < -0.4 is 26.0 Å². The number of aryl methyl sites for hydroxylation is 1. The van der Waals surface area contributed by atoms with Gasteiger partial charge in [-0.2, -0.15) is 0 Å². The molecule has 1 aliphatic rings. The number of carbonyl (C=O) groups is 3. The lowest BCUT2D eigenvalue weighted by Gasteiger charge is -2.12. The van der Waals surface area contributed by atoms with Gasteiger partial charge in [0.1, 0.15) is 5.75 Å². The summed E-state index contributed by atoms with van der Waals surface area (Å²) in [7, 11) is 1.54. The first-order valence-corrected chi connectivity index (χ1v) is 9.85. The van der Waals surface area contributed by atoms with E-state index in [4.69, 9.17) is 4.74 Å². The van der Waals surface area contributed by atoms with Gasteiger partial charge >= 0.3 is 6.03 Å². The SMILES string of the molecule is COc1ccc(C)cc1NC(=O)Nc1ccc(C(=O)NCCNC(=O)C2CC2)cc1. The maximum Gasteiger partial charge on any atom is 0.323 e. The number of amides is 4. The number of rotatable bonds is 8. The highest BCUT2D eigenvalue weighted by Gasteiger charge is 2.29. The Morgan fingerprint density at radius 1 is 0.967 bits per heavy atom. The van der Waals surface area contributed by atoms with Crippen LogP contribution in [0.4, 0.5) is 16.2 Å². The second-order valence-corrected chi connectivity index (χ2v) is 7.18. The molecule has 158 valence electrons. The van der Waals surface area contributed by atoms with E-state index in [1.54, 1.807) is 37.4 Å². The van der Waals surface area contributed by atoms with E-state index in [0.29, 0.717) is 35.8 Å². The fraction of sp³-hybridized carbons (Fsp3) is 0.318. The van der Waals surface area contributed by atoms with E-state index in [1.165, 1.54) is 0 Å². The zero-order chi connectivity index (χ0) is 21.5. The second kappa shape index (κ2) is 9.78. The molecule has 0 unspecified atom stereocenters. The highest BCUT2D eigenvalue weighted by atomic mass is 16.5. The molecule has 30 heavy (non-hydrogen) atoms. The van der Waals surface area contributed by atoms with E-state index in [0.717, 1.165) is 18.4 Å². The monoisotopic (exact) mass is 410 g/mol. The summed E-state index contributed by atoms with van der Waals surface area (Å²) in [5.41, 5.74) is 2.58. The van der Waals surface area contributed by atoms with Crippen molar-refractivity contribution in [1.82, 2.24) is 10.6 Å². The van der Waals surface area contributed by atoms with Crippen LogP contribution in [0, 0.1) is 12.8 Å². The number of hydrogen-bond donors (Lipinski definition) is 4. The molecule has 0 spiro atoms. The summed E-state index contributed by atoms with van der Waals surface area (Å²) in [6.45, 7) is 2.69. The summed E-state index contributed by atoms with van der Waals surface area (Å²) in [6.07, 6.45) is 1.91. The fourth-order valence-corrected chi connectivity index (χ4v) is 2.86. The van der Waals surface area contributed by atoms with Crippen molar-refractivity contribution in [3.63, 3.8) is 0 Å². The second-order valence-electron chi connectivity index (χ2n) is 7.18. The van der Waals surface area contributed by atoms with Gasteiger partial charge in [-0.15, -0.1) is 0 Å². The molecule has 4 amide bonds. The number of nitrogens with one attached hydrogen (secondary N) is 4. The van der Waals surface area contributed by atoms with Crippen molar-refractivity contribution in [3.05, 3.63) is 53.6 Å². The third kappa shape index (κ3) is 5.97. The predicted octanol–water partition coefficient (Wildman–Crippen LogP) is 2.90. The summed E-state index contributed by atoms with van der Waals surface area (Å²) >= 11 is 0. The molecule has 8 nitrogen and oxygen atoms in total. The van der Waals surface area contributed by atoms with E-state index in [9.17, 15) is 14.4 Å².